The molecule has 2 aromatic rings. The van der Waals surface area contributed by atoms with Gasteiger partial charge in [-0.2, -0.15) is 0 Å². The van der Waals surface area contributed by atoms with Crippen LogP contribution in [0.2, 0.25) is 0 Å². The van der Waals surface area contributed by atoms with E-state index in [1.54, 1.807) is 0 Å². The Morgan fingerprint density at radius 1 is 0.892 bits per heavy atom. The van der Waals surface area contributed by atoms with E-state index in [9.17, 15) is 14.0 Å². The number of benzene rings is 2. The highest BCUT2D eigenvalue weighted by Gasteiger charge is 2.25. The van der Waals surface area contributed by atoms with E-state index >= 15 is 0 Å². The van der Waals surface area contributed by atoms with Crippen LogP contribution in [0.15, 0.2) is 48.5 Å². The zero-order valence-corrected chi connectivity index (χ0v) is 22.7. The van der Waals surface area contributed by atoms with Crippen LogP contribution >= 0.6 is 0 Å². The molecule has 1 saturated carbocycles. The van der Waals surface area contributed by atoms with Gasteiger partial charge in [-0.15, -0.1) is 0 Å². The number of hydrogen-bond donors (Lipinski definition) is 0. The molecular formula is C32H43FO4. The van der Waals surface area contributed by atoms with Crippen LogP contribution in [0.3, 0.4) is 0 Å². The van der Waals surface area contributed by atoms with E-state index in [1.807, 2.05) is 31.2 Å². The predicted molar refractivity (Wildman–Crippen MR) is 146 cm³/mol. The highest BCUT2D eigenvalue weighted by atomic mass is 19.1. The Hall–Kier alpha value is -2.69. The predicted octanol–water partition coefficient (Wildman–Crippen LogP) is 8.26. The maximum Gasteiger partial charge on any atom is 0.340 e. The summed E-state index contributed by atoms with van der Waals surface area (Å²) in [5.41, 5.74) is 4.09. The second-order valence-electron chi connectivity index (χ2n) is 10.6. The summed E-state index contributed by atoms with van der Waals surface area (Å²) in [6, 6.07) is 16.3. The van der Waals surface area contributed by atoms with E-state index in [1.165, 1.54) is 31.7 Å². The Morgan fingerprint density at radius 3 is 2.11 bits per heavy atom. The molecule has 0 N–H and O–H groups in total. The van der Waals surface area contributed by atoms with Crippen LogP contribution in [0, 0.1) is 5.92 Å². The van der Waals surface area contributed by atoms with Crippen molar-refractivity contribution in [3.8, 4) is 11.1 Å². The molecule has 37 heavy (non-hydrogen) atoms. The van der Waals surface area contributed by atoms with Gasteiger partial charge in [-0.05, 0) is 100.0 Å². The molecule has 202 valence electrons. The number of halogens is 1. The topological polar surface area (TPSA) is 52.6 Å². The number of aryl methyl sites for hydroxylation is 1. The fourth-order valence-electron chi connectivity index (χ4n) is 5.00. The molecule has 0 heterocycles. The van der Waals surface area contributed by atoms with Gasteiger partial charge in [0.2, 0.25) is 0 Å². The van der Waals surface area contributed by atoms with Crippen LogP contribution < -0.4 is 0 Å². The molecule has 4 nitrogen and oxygen atoms in total. The summed E-state index contributed by atoms with van der Waals surface area (Å²) in [4.78, 5) is 23.9. The summed E-state index contributed by atoms with van der Waals surface area (Å²) < 4.78 is 23.9. The SMILES string of the molecule is CCCCCC[C@@H](C)OC(=O)c1ccc(-c2ccc(CCC3CCC(OC(=O)[C@H](C)F)CC3)cc2)cc1. The first-order valence-corrected chi connectivity index (χ1v) is 14.1. The number of esters is 2. The van der Waals surface area contributed by atoms with E-state index in [0.29, 0.717) is 11.5 Å². The third-order valence-corrected chi connectivity index (χ3v) is 7.42. The highest BCUT2D eigenvalue weighted by molar-refractivity contribution is 5.90. The van der Waals surface area contributed by atoms with Gasteiger partial charge in [0.15, 0.2) is 6.17 Å². The van der Waals surface area contributed by atoms with Crippen LogP contribution in [0.1, 0.15) is 101 Å². The molecule has 0 spiro atoms. The number of hydrogen-bond acceptors (Lipinski definition) is 4. The summed E-state index contributed by atoms with van der Waals surface area (Å²) in [6.45, 7) is 5.39. The molecule has 0 saturated heterocycles. The monoisotopic (exact) mass is 510 g/mol. The zero-order valence-electron chi connectivity index (χ0n) is 22.7. The summed E-state index contributed by atoms with van der Waals surface area (Å²) >= 11 is 0. The second-order valence-corrected chi connectivity index (χ2v) is 10.6. The highest BCUT2D eigenvalue weighted by Crippen LogP contribution is 2.30. The minimum absolute atomic E-state index is 0.0608. The smallest absolute Gasteiger partial charge is 0.340 e. The number of carbonyl (C=O) groups is 2. The van der Waals surface area contributed by atoms with Crippen LogP contribution in [-0.2, 0) is 20.7 Å². The maximum absolute atomic E-state index is 13.0. The van der Waals surface area contributed by atoms with Crippen molar-refractivity contribution in [3.05, 3.63) is 59.7 Å². The Kier molecular flexibility index (Phi) is 11.6. The summed E-state index contributed by atoms with van der Waals surface area (Å²) in [5, 5.41) is 0. The molecule has 0 bridgehead atoms. The quantitative estimate of drug-likeness (QED) is 0.201. The largest absolute Gasteiger partial charge is 0.460 e. The molecular weight excluding hydrogens is 467 g/mol. The average Bonchev–Trinajstić information content (AvgIpc) is 2.91. The fraction of sp³-hybridized carbons (Fsp3) is 0.562. The lowest BCUT2D eigenvalue weighted by atomic mass is 9.83. The Labute approximate surface area is 221 Å². The third kappa shape index (κ3) is 9.60. The van der Waals surface area contributed by atoms with Crippen molar-refractivity contribution in [2.45, 2.75) is 110 Å². The minimum atomic E-state index is -1.55. The van der Waals surface area contributed by atoms with Gasteiger partial charge < -0.3 is 9.47 Å². The van der Waals surface area contributed by atoms with Gasteiger partial charge in [-0.1, -0.05) is 62.6 Å². The van der Waals surface area contributed by atoms with Crippen LogP contribution in [0.25, 0.3) is 11.1 Å². The van der Waals surface area contributed by atoms with Crippen molar-refractivity contribution in [3.63, 3.8) is 0 Å². The molecule has 5 heteroatoms. The Balaban J connectivity index is 1.42. The third-order valence-electron chi connectivity index (χ3n) is 7.42. The minimum Gasteiger partial charge on any atom is -0.460 e. The molecule has 1 aliphatic carbocycles. The van der Waals surface area contributed by atoms with E-state index in [2.05, 4.69) is 31.2 Å². The second kappa shape index (κ2) is 14.9. The number of carbonyl (C=O) groups excluding carboxylic acids is 2. The first-order chi connectivity index (χ1) is 17.9. The van der Waals surface area contributed by atoms with Gasteiger partial charge in [0.05, 0.1) is 11.7 Å². The summed E-state index contributed by atoms with van der Waals surface area (Å²) in [6.07, 6.45) is 9.68. The van der Waals surface area contributed by atoms with E-state index in [4.69, 9.17) is 9.47 Å². The summed E-state index contributed by atoms with van der Waals surface area (Å²) in [5.74, 6) is -0.376. The zero-order chi connectivity index (χ0) is 26.6. The maximum atomic E-state index is 13.0. The molecule has 0 amide bonds. The average molecular weight is 511 g/mol. The van der Waals surface area contributed by atoms with Crippen LogP contribution in [0.4, 0.5) is 4.39 Å². The Bertz CT molecular complexity index is 959. The number of alkyl halides is 1. The lowest BCUT2D eigenvalue weighted by Gasteiger charge is -2.28. The van der Waals surface area contributed by atoms with E-state index in [0.717, 1.165) is 62.5 Å². The standard InChI is InChI=1S/C32H43FO4/c1-4-5-6-7-8-23(2)36-32(35)29-19-17-28(18-20-29)27-15-11-25(12-16-27)9-10-26-13-21-30(22-14-26)37-31(34)24(3)33/h11-12,15-20,23-24,26,30H,4-10,13-14,21-22H2,1-3H3/t23-,24+,26?,30?/m1/s1. The fourth-order valence-corrected chi connectivity index (χ4v) is 5.00. The summed E-state index contributed by atoms with van der Waals surface area (Å²) in [7, 11) is 0. The first kappa shape index (κ1) is 28.9. The first-order valence-electron chi connectivity index (χ1n) is 14.1. The van der Waals surface area contributed by atoms with Crippen LogP contribution in [-0.4, -0.2) is 30.3 Å². The van der Waals surface area contributed by atoms with Gasteiger partial charge >= 0.3 is 11.9 Å². The molecule has 0 aliphatic heterocycles. The Morgan fingerprint density at radius 2 is 1.51 bits per heavy atom. The van der Waals surface area contributed by atoms with E-state index < -0.39 is 12.1 Å². The number of unbranched alkanes of at least 4 members (excludes halogenated alkanes) is 3. The molecule has 2 atom stereocenters. The van der Waals surface area contributed by atoms with Crippen molar-refractivity contribution in [2.24, 2.45) is 5.92 Å². The molecule has 1 fully saturated rings. The van der Waals surface area contributed by atoms with Gasteiger partial charge in [0.25, 0.3) is 0 Å². The number of ether oxygens (including phenoxy) is 2. The molecule has 0 aromatic heterocycles. The molecule has 1 aliphatic rings. The van der Waals surface area contributed by atoms with Crippen LogP contribution in [0.5, 0.6) is 0 Å². The van der Waals surface area contributed by atoms with Crippen molar-refractivity contribution >= 4 is 11.9 Å². The number of rotatable bonds is 13. The lowest BCUT2D eigenvalue weighted by Crippen LogP contribution is -2.27. The van der Waals surface area contributed by atoms with Crippen molar-refractivity contribution in [1.29, 1.82) is 0 Å². The van der Waals surface area contributed by atoms with Crippen molar-refractivity contribution < 1.29 is 23.5 Å². The van der Waals surface area contributed by atoms with E-state index in [-0.39, 0.29) is 18.2 Å². The van der Waals surface area contributed by atoms with Gasteiger partial charge in [0, 0.05) is 0 Å². The van der Waals surface area contributed by atoms with Crippen molar-refractivity contribution in [1.82, 2.24) is 0 Å². The molecule has 0 unspecified atom stereocenters. The van der Waals surface area contributed by atoms with Gasteiger partial charge in [-0.3, -0.25) is 0 Å². The molecule has 0 radical (unpaired) electrons. The van der Waals surface area contributed by atoms with Crippen molar-refractivity contribution in [2.75, 3.05) is 0 Å². The molecule has 3 rings (SSSR count). The van der Waals surface area contributed by atoms with Gasteiger partial charge in [0.1, 0.15) is 6.10 Å². The van der Waals surface area contributed by atoms with Gasteiger partial charge in [-0.25, -0.2) is 14.0 Å². The molecule has 2 aromatic carbocycles. The normalized spacial score (nSPS) is 19.1. The lowest BCUT2D eigenvalue weighted by molar-refractivity contribution is -0.156.